The van der Waals surface area contributed by atoms with Crippen molar-refractivity contribution in [3.63, 3.8) is 0 Å². The minimum absolute atomic E-state index is 0.0910. The standard InChI is InChI=1S/C15H13BrN2O5/c1-2-21-14(20)12(16)9-7-11-15(22-5-6-23-15)3-4-18(11)13(19)10(9)8-17/h5-7,12H,2-4H2,1H3. The Hall–Kier alpha value is -2.27. The van der Waals surface area contributed by atoms with Crippen LogP contribution in [0.4, 0.5) is 0 Å². The van der Waals surface area contributed by atoms with E-state index in [1.807, 2.05) is 6.07 Å². The van der Waals surface area contributed by atoms with Gasteiger partial charge in [0.25, 0.3) is 11.3 Å². The second kappa shape index (κ2) is 5.74. The van der Waals surface area contributed by atoms with Crippen LogP contribution in [0, 0.1) is 11.3 Å². The number of alkyl halides is 1. The third-order valence-electron chi connectivity index (χ3n) is 3.84. The minimum atomic E-state index is -1.07. The van der Waals surface area contributed by atoms with E-state index in [0.29, 0.717) is 18.7 Å². The third kappa shape index (κ3) is 2.32. The molecule has 0 aliphatic carbocycles. The number of rotatable bonds is 3. The van der Waals surface area contributed by atoms with Crippen molar-refractivity contribution in [2.45, 2.75) is 30.5 Å². The molecule has 2 aliphatic rings. The van der Waals surface area contributed by atoms with Crippen LogP contribution in [-0.2, 0) is 31.3 Å². The molecular formula is C15H13BrN2O5. The van der Waals surface area contributed by atoms with Crippen LogP contribution in [0.1, 0.15) is 35.0 Å². The molecule has 0 saturated carbocycles. The smallest absolute Gasteiger partial charge is 0.324 e. The summed E-state index contributed by atoms with van der Waals surface area (Å²) in [5.74, 6) is -1.63. The first-order chi connectivity index (χ1) is 11.0. The van der Waals surface area contributed by atoms with Crippen LogP contribution in [0.2, 0.25) is 0 Å². The van der Waals surface area contributed by atoms with Gasteiger partial charge in [-0.15, -0.1) is 0 Å². The lowest BCUT2D eigenvalue weighted by Crippen LogP contribution is -2.30. The fourth-order valence-electron chi connectivity index (χ4n) is 2.79. The van der Waals surface area contributed by atoms with Gasteiger partial charge in [-0.05, 0) is 13.0 Å². The van der Waals surface area contributed by atoms with Gasteiger partial charge < -0.3 is 18.8 Å². The molecule has 1 aromatic heterocycles. The monoisotopic (exact) mass is 380 g/mol. The van der Waals surface area contributed by atoms with Gasteiger partial charge in [0.1, 0.15) is 34.7 Å². The highest BCUT2D eigenvalue weighted by atomic mass is 79.9. The third-order valence-corrected chi connectivity index (χ3v) is 4.70. The van der Waals surface area contributed by atoms with Crippen LogP contribution in [0.15, 0.2) is 23.4 Å². The van der Waals surface area contributed by atoms with E-state index in [1.54, 1.807) is 13.0 Å². The van der Waals surface area contributed by atoms with Gasteiger partial charge in [0.15, 0.2) is 0 Å². The lowest BCUT2D eigenvalue weighted by molar-refractivity contribution is -0.147. The maximum Gasteiger partial charge on any atom is 0.324 e. The molecule has 8 heteroatoms. The summed E-state index contributed by atoms with van der Waals surface area (Å²) >= 11 is 3.21. The molecule has 3 rings (SSSR count). The molecule has 0 N–H and O–H groups in total. The van der Waals surface area contributed by atoms with Crippen LogP contribution in [0.3, 0.4) is 0 Å². The molecule has 120 valence electrons. The molecule has 1 aromatic rings. The average molecular weight is 381 g/mol. The zero-order valence-electron chi connectivity index (χ0n) is 12.2. The number of ether oxygens (including phenoxy) is 3. The zero-order valence-corrected chi connectivity index (χ0v) is 13.8. The fraction of sp³-hybridized carbons (Fsp3) is 0.400. The van der Waals surface area contributed by atoms with Gasteiger partial charge in [-0.1, -0.05) is 15.9 Å². The number of carbonyl (C=O) groups excluding carboxylic acids is 1. The van der Waals surface area contributed by atoms with Gasteiger partial charge in [-0.25, -0.2) is 0 Å². The summed E-state index contributed by atoms with van der Waals surface area (Å²) in [6.07, 6.45) is 3.26. The van der Waals surface area contributed by atoms with Crippen molar-refractivity contribution >= 4 is 21.9 Å². The van der Waals surface area contributed by atoms with Gasteiger partial charge in [-0.2, -0.15) is 5.26 Å². The molecule has 0 radical (unpaired) electrons. The lowest BCUT2D eigenvalue weighted by atomic mass is 10.0. The van der Waals surface area contributed by atoms with Crippen LogP contribution in [0.25, 0.3) is 0 Å². The van der Waals surface area contributed by atoms with Crippen LogP contribution < -0.4 is 5.56 Å². The number of fused-ring (bicyclic) bond motifs is 2. The molecule has 23 heavy (non-hydrogen) atoms. The Morgan fingerprint density at radius 1 is 1.57 bits per heavy atom. The molecule has 0 bridgehead atoms. The number of halogens is 1. The molecule has 0 saturated heterocycles. The molecule has 0 amide bonds. The molecule has 7 nitrogen and oxygen atoms in total. The number of pyridine rings is 1. The molecule has 1 unspecified atom stereocenters. The number of nitriles is 1. The second-order valence-corrected chi connectivity index (χ2v) is 5.97. The summed E-state index contributed by atoms with van der Waals surface area (Å²) < 4.78 is 17.4. The van der Waals surface area contributed by atoms with Crippen LogP contribution >= 0.6 is 15.9 Å². The summed E-state index contributed by atoms with van der Waals surface area (Å²) in [4.78, 5) is 23.6. The number of hydrogen-bond donors (Lipinski definition) is 0. The van der Waals surface area contributed by atoms with Gasteiger partial charge in [0.05, 0.1) is 6.61 Å². The summed E-state index contributed by atoms with van der Waals surface area (Å²) in [5.41, 5.74) is 0.175. The maximum absolute atomic E-state index is 12.6. The van der Waals surface area contributed by atoms with Crippen molar-refractivity contribution in [3.8, 4) is 6.07 Å². The van der Waals surface area contributed by atoms with Gasteiger partial charge in [-0.3, -0.25) is 9.59 Å². The van der Waals surface area contributed by atoms with Gasteiger partial charge in [0, 0.05) is 18.5 Å². The van der Waals surface area contributed by atoms with E-state index in [9.17, 15) is 14.9 Å². The van der Waals surface area contributed by atoms with E-state index < -0.39 is 22.1 Å². The first kappa shape index (κ1) is 15.6. The van der Waals surface area contributed by atoms with Crippen LogP contribution in [0.5, 0.6) is 0 Å². The summed E-state index contributed by atoms with van der Waals surface area (Å²) in [7, 11) is 0. The highest BCUT2D eigenvalue weighted by Gasteiger charge is 2.46. The molecular weight excluding hydrogens is 368 g/mol. The van der Waals surface area contributed by atoms with E-state index in [0.717, 1.165) is 0 Å². The molecule has 3 heterocycles. The van der Waals surface area contributed by atoms with Gasteiger partial charge in [0.2, 0.25) is 0 Å². The molecule has 0 aromatic carbocycles. The number of carbonyl (C=O) groups is 1. The van der Waals surface area contributed by atoms with E-state index in [1.165, 1.54) is 17.1 Å². The highest BCUT2D eigenvalue weighted by Crippen LogP contribution is 2.41. The predicted octanol–water partition coefficient (Wildman–Crippen LogP) is 1.79. The summed E-state index contributed by atoms with van der Waals surface area (Å²) in [6.45, 7) is 2.26. The van der Waals surface area contributed by atoms with E-state index in [-0.39, 0.29) is 17.7 Å². The fourth-order valence-corrected chi connectivity index (χ4v) is 3.28. The Labute approximate surface area is 140 Å². The number of nitrogens with zero attached hydrogens (tertiary/aromatic N) is 2. The first-order valence-corrected chi connectivity index (χ1v) is 7.95. The van der Waals surface area contributed by atoms with Crippen molar-refractivity contribution in [2.24, 2.45) is 0 Å². The topological polar surface area (TPSA) is 90.6 Å². The van der Waals surface area contributed by atoms with Crippen molar-refractivity contribution in [1.82, 2.24) is 4.57 Å². The Morgan fingerprint density at radius 2 is 2.26 bits per heavy atom. The van der Waals surface area contributed by atoms with E-state index in [4.69, 9.17) is 14.2 Å². The Kier molecular flexibility index (Phi) is 3.90. The summed E-state index contributed by atoms with van der Waals surface area (Å²) in [5, 5.41) is 9.34. The molecule has 1 spiro atoms. The van der Waals surface area contributed by atoms with E-state index in [2.05, 4.69) is 15.9 Å². The van der Waals surface area contributed by atoms with Crippen molar-refractivity contribution in [1.29, 1.82) is 5.26 Å². The number of aromatic nitrogens is 1. The maximum atomic E-state index is 12.6. The zero-order chi connectivity index (χ0) is 16.6. The van der Waals surface area contributed by atoms with Gasteiger partial charge >= 0.3 is 5.97 Å². The SMILES string of the molecule is CCOC(=O)C(Br)c1cc2n(c(=O)c1C#N)CCC21OC=CO1. The Balaban J connectivity index is 2.14. The molecule has 1 atom stereocenters. The average Bonchev–Trinajstić information content (AvgIpc) is 3.16. The summed E-state index contributed by atoms with van der Waals surface area (Å²) in [6, 6.07) is 3.48. The Bertz CT molecular complexity index is 784. The normalized spacial score (nSPS) is 18.0. The number of hydrogen-bond acceptors (Lipinski definition) is 6. The van der Waals surface area contributed by atoms with E-state index >= 15 is 0 Å². The van der Waals surface area contributed by atoms with Crippen molar-refractivity contribution in [3.05, 3.63) is 45.8 Å². The van der Waals surface area contributed by atoms with Crippen LogP contribution in [-0.4, -0.2) is 17.1 Å². The highest BCUT2D eigenvalue weighted by molar-refractivity contribution is 9.09. The largest absolute Gasteiger partial charge is 0.465 e. The first-order valence-electron chi connectivity index (χ1n) is 7.03. The predicted molar refractivity (Wildman–Crippen MR) is 81.3 cm³/mol. The van der Waals surface area contributed by atoms with Crippen molar-refractivity contribution in [2.75, 3.05) is 6.61 Å². The number of esters is 1. The lowest BCUT2D eigenvalue weighted by Gasteiger charge is -2.23. The second-order valence-electron chi connectivity index (χ2n) is 5.05. The minimum Gasteiger partial charge on any atom is -0.465 e. The Morgan fingerprint density at radius 3 is 2.87 bits per heavy atom. The van der Waals surface area contributed by atoms with Crippen molar-refractivity contribution < 1.29 is 19.0 Å². The quantitative estimate of drug-likeness (QED) is 0.586. The molecule has 0 fully saturated rings. The molecule has 2 aliphatic heterocycles.